The van der Waals surface area contributed by atoms with Crippen LogP contribution >= 0.6 is 0 Å². The van der Waals surface area contributed by atoms with Crippen LogP contribution < -0.4 is 5.73 Å². The SMILES string of the molecule is C=CCC(N)C(=O)N1CCOCC1CC. The largest absolute Gasteiger partial charge is 0.377 e. The van der Waals surface area contributed by atoms with Crippen molar-refractivity contribution in [1.29, 1.82) is 0 Å². The van der Waals surface area contributed by atoms with Gasteiger partial charge >= 0.3 is 0 Å². The van der Waals surface area contributed by atoms with Crippen molar-refractivity contribution >= 4 is 5.91 Å². The maximum atomic E-state index is 12.0. The number of hydrogen-bond acceptors (Lipinski definition) is 3. The molecule has 1 aliphatic heterocycles. The van der Waals surface area contributed by atoms with E-state index in [1.165, 1.54) is 0 Å². The first-order chi connectivity index (χ1) is 7.20. The Morgan fingerprint density at radius 3 is 3.13 bits per heavy atom. The van der Waals surface area contributed by atoms with E-state index in [4.69, 9.17) is 10.5 Å². The van der Waals surface area contributed by atoms with Gasteiger partial charge < -0.3 is 15.4 Å². The van der Waals surface area contributed by atoms with Gasteiger partial charge in [-0.25, -0.2) is 0 Å². The summed E-state index contributed by atoms with van der Waals surface area (Å²) in [7, 11) is 0. The lowest BCUT2D eigenvalue weighted by Crippen LogP contribution is -2.53. The van der Waals surface area contributed by atoms with Crippen molar-refractivity contribution in [3.05, 3.63) is 12.7 Å². The fraction of sp³-hybridized carbons (Fsp3) is 0.727. The Hall–Kier alpha value is -0.870. The van der Waals surface area contributed by atoms with Gasteiger partial charge in [-0.2, -0.15) is 0 Å². The minimum atomic E-state index is -0.449. The van der Waals surface area contributed by atoms with Crippen molar-refractivity contribution in [2.75, 3.05) is 19.8 Å². The number of morpholine rings is 1. The van der Waals surface area contributed by atoms with Gasteiger partial charge in [0.2, 0.25) is 5.91 Å². The molecule has 4 nitrogen and oxygen atoms in total. The number of nitrogens with zero attached hydrogens (tertiary/aromatic N) is 1. The summed E-state index contributed by atoms with van der Waals surface area (Å²) in [6.45, 7) is 7.54. The molecule has 2 N–H and O–H groups in total. The molecule has 2 atom stereocenters. The Kier molecular flexibility index (Phi) is 4.78. The number of amides is 1. The van der Waals surface area contributed by atoms with Crippen LogP contribution in [0, 0.1) is 0 Å². The molecular weight excluding hydrogens is 192 g/mol. The van der Waals surface area contributed by atoms with Crippen LogP contribution in [0.4, 0.5) is 0 Å². The molecule has 4 heteroatoms. The van der Waals surface area contributed by atoms with Crippen LogP contribution in [0.1, 0.15) is 19.8 Å². The van der Waals surface area contributed by atoms with Gasteiger partial charge in [0.15, 0.2) is 0 Å². The normalized spacial score (nSPS) is 23.6. The smallest absolute Gasteiger partial charge is 0.240 e. The first-order valence-corrected chi connectivity index (χ1v) is 5.45. The van der Waals surface area contributed by atoms with Crippen molar-refractivity contribution in [2.45, 2.75) is 31.8 Å². The molecule has 0 aromatic rings. The van der Waals surface area contributed by atoms with E-state index in [9.17, 15) is 4.79 Å². The second-order valence-electron chi connectivity index (χ2n) is 3.80. The minimum absolute atomic E-state index is 0.0186. The zero-order chi connectivity index (χ0) is 11.3. The highest BCUT2D eigenvalue weighted by atomic mass is 16.5. The van der Waals surface area contributed by atoms with Gasteiger partial charge in [-0.3, -0.25) is 4.79 Å². The summed E-state index contributed by atoms with van der Waals surface area (Å²) in [6.07, 6.45) is 3.13. The van der Waals surface area contributed by atoms with Gasteiger partial charge in [-0.05, 0) is 12.8 Å². The lowest BCUT2D eigenvalue weighted by molar-refractivity contribution is -0.141. The number of carbonyl (C=O) groups excluding carboxylic acids is 1. The third-order valence-corrected chi connectivity index (χ3v) is 2.72. The third kappa shape index (κ3) is 3.04. The van der Waals surface area contributed by atoms with Gasteiger partial charge in [0.05, 0.1) is 25.3 Å². The Morgan fingerprint density at radius 1 is 1.80 bits per heavy atom. The molecule has 1 rings (SSSR count). The van der Waals surface area contributed by atoms with E-state index in [1.807, 2.05) is 4.90 Å². The molecule has 0 spiro atoms. The van der Waals surface area contributed by atoms with E-state index in [0.717, 1.165) is 6.42 Å². The van der Waals surface area contributed by atoms with Gasteiger partial charge in [0, 0.05) is 6.54 Å². The molecule has 15 heavy (non-hydrogen) atoms. The fourth-order valence-electron chi connectivity index (χ4n) is 1.78. The zero-order valence-corrected chi connectivity index (χ0v) is 9.32. The summed E-state index contributed by atoms with van der Waals surface area (Å²) in [5.41, 5.74) is 5.77. The summed E-state index contributed by atoms with van der Waals surface area (Å²) in [5, 5.41) is 0. The van der Waals surface area contributed by atoms with Crippen molar-refractivity contribution < 1.29 is 9.53 Å². The summed E-state index contributed by atoms with van der Waals surface area (Å²) in [5.74, 6) is 0.0186. The second-order valence-corrected chi connectivity index (χ2v) is 3.80. The highest BCUT2D eigenvalue weighted by molar-refractivity contribution is 5.82. The topological polar surface area (TPSA) is 55.6 Å². The molecule has 86 valence electrons. The molecule has 1 saturated heterocycles. The molecule has 0 aromatic heterocycles. The second kappa shape index (κ2) is 5.88. The fourth-order valence-corrected chi connectivity index (χ4v) is 1.78. The number of hydrogen-bond donors (Lipinski definition) is 1. The highest BCUT2D eigenvalue weighted by Crippen LogP contribution is 2.12. The molecule has 0 radical (unpaired) electrons. The number of nitrogens with two attached hydrogens (primary N) is 1. The summed E-state index contributed by atoms with van der Waals surface area (Å²) >= 11 is 0. The molecule has 1 fully saturated rings. The standard InChI is InChI=1S/C11H20N2O2/c1-3-5-10(12)11(14)13-6-7-15-8-9(13)4-2/h3,9-10H,1,4-8,12H2,2H3. The Labute approximate surface area is 91.1 Å². The van der Waals surface area contributed by atoms with Gasteiger partial charge in [0.25, 0.3) is 0 Å². The van der Waals surface area contributed by atoms with E-state index in [0.29, 0.717) is 26.2 Å². The number of ether oxygens (including phenoxy) is 1. The van der Waals surface area contributed by atoms with Crippen LogP contribution in [0.5, 0.6) is 0 Å². The molecular formula is C11H20N2O2. The van der Waals surface area contributed by atoms with Crippen molar-refractivity contribution in [3.8, 4) is 0 Å². The average Bonchev–Trinajstić information content (AvgIpc) is 2.28. The molecule has 1 heterocycles. The molecule has 1 aliphatic rings. The molecule has 0 aliphatic carbocycles. The van der Waals surface area contributed by atoms with E-state index >= 15 is 0 Å². The molecule has 0 bridgehead atoms. The van der Waals surface area contributed by atoms with Crippen LogP contribution in [-0.2, 0) is 9.53 Å². The van der Waals surface area contributed by atoms with E-state index in [-0.39, 0.29) is 11.9 Å². The highest BCUT2D eigenvalue weighted by Gasteiger charge is 2.28. The monoisotopic (exact) mass is 212 g/mol. The van der Waals surface area contributed by atoms with E-state index in [2.05, 4.69) is 13.5 Å². The van der Waals surface area contributed by atoms with Crippen LogP contribution in [-0.4, -0.2) is 42.6 Å². The van der Waals surface area contributed by atoms with Crippen LogP contribution in [0.3, 0.4) is 0 Å². The predicted octanol–water partition coefficient (Wildman–Crippen LogP) is 0.527. The van der Waals surface area contributed by atoms with Crippen molar-refractivity contribution in [2.24, 2.45) is 5.73 Å². The summed E-state index contributed by atoms with van der Waals surface area (Å²) < 4.78 is 5.34. The van der Waals surface area contributed by atoms with Gasteiger partial charge in [-0.1, -0.05) is 13.0 Å². The first kappa shape index (κ1) is 12.2. The van der Waals surface area contributed by atoms with Crippen LogP contribution in [0.2, 0.25) is 0 Å². The quantitative estimate of drug-likeness (QED) is 0.691. The molecule has 0 aromatic carbocycles. The van der Waals surface area contributed by atoms with Gasteiger partial charge in [0.1, 0.15) is 0 Å². The van der Waals surface area contributed by atoms with Crippen LogP contribution in [0.15, 0.2) is 12.7 Å². The van der Waals surface area contributed by atoms with Crippen molar-refractivity contribution in [3.63, 3.8) is 0 Å². The number of carbonyl (C=O) groups is 1. The minimum Gasteiger partial charge on any atom is -0.377 e. The summed E-state index contributed by atoms with van der Waals surface area (Å²) in [6, 6.07) is -0.267. The summed E-state index contributed by atoms with van der Waals surface area (Å²) in [4.78, 5) is 13.8. The number of rotatable bonds is 4. The molecule has 2 unspecified atom stereocenters. The molecule has 0 saturated carbocycles. The average molecular weight is 212 g/mol. The lowest BCUT2D eigenvalue weighted by atomic mass is 10.1. The van der Waals surface area contributed by atoms with Crippen molar-refractivity contribution in [1.82, 2.24) is 4.90 Å². The maximum Gasteiger partial charge on any atom is 0.240 e. The predicted molar refractivity (Wildman–Crippen MR) is 59.4 cm³/mol. The molecule has 1 amide bonds. The van der Waals surface area contributed by atoms with E-state index in [1.54, 1.807) is 6.08 Å². The maximum absolute atomic E-state index is 12.0. The Balaban J connectivity index is 2.58. The third-order valence-electron chi connectivity index (χ3n) is 2.72. The van der Waals surface area contributed by atoms with E-state index < -0.39 is 6.04 Å². The lowest BCUT2D eigenvalue weighted by Gasteiger charge is -2.36. The Morgan fingerprint density at radius 2 is 2.53 bits per heavy atom. The van der Waals surface area contributed by atoms with Gasteiger partial charge in [-0.15, -0.1) is 6.58 Å². The first-order valence-electron chi connectivity index (χ1n) is 5.45. The Bertz CT molecular complexity index is 231. The van der Waals surface area contributed by atoms with Crippen LogP contribution in [0.25, 0.3) is 0 Å². The zero-order valence-electron chi connectivity index (χ0n) is 9.32.